The summed E-state index contributed by atoms with van der Waals surface area (Å²) in [7, 11) is -9.47. The Morgan fingerprint density at radius 2 is 0.948 bits per heavy atom. The number of para-hydroxylation sites is 2. The van der Waals surface area contributed by atoms with Crippen molar-refractivity contribution >= 4 is 169 Å². The number of aliphatic hydroxyl groups excluding tert-OH is 1. The smallest absolute Gasteiger partial charge is 0.296 e. The van der Waals surface area contributed by atoms with Gasteiger partial charge in [-0.3, -0.25) is 28.3 Å². The molecule has 9 rings (SSSR count). The number of ketones is 2. The first-order valence-corrected chi connectivity index (χ1v) is 36.4. The van der Waals surface area contributed by atoms with Crippen LogP contribution in [0.15, 0.2) is 131 Å². The number of hydrogen-bond acceptors (Lipinski definition) is 27. The second kappa shape index (κ2) is 32.7. The van der Waals surface area contributed by atoms with E-state index in [0.717, 1.165) is 84.7 Å². The largest absolute Gasteiger partial charge is 0.396 e. The number of Topliss-reactive ketones (excluding diaryl/α,β-unsaturated/α-hetero) is 2. The number of amides is 2. The predicted molar refractivity (Wildman–Crippen MR) is 376 cm³/mol. The number of benzene rings is 4. The highest BCUT2D eigenvalue weighted by Gasteiger charge is 2.27. The molecule has 0 aliphatic carbocycles. The Hall–Kier alpha value is -8.96. The Morgan fingerprint density at radius 3 is 1.31 bits per heavy atom. The highest BCUT2D eigenvalue weighted by atomic mass is 32.2. The molecule has 2 aliphatic heterocycles. The first-order valence-electron chi connectivity index (χ1n) is 31.0. The molecular formula is C63H73N17O11S5. The minimum absolute atomic E-state index is 0.0855. The molecule has 506 valence electrons. The standard InChI is InChI=1S/C63H73N17O11S5/c1-7-77(8-2)41-25-27-45(73-75-62-68-55(79-29-17-11-18-30-79)51(93-62)37-43(39(5)82)57(84)64-47-21-13-15-23-53(47)95(86,87)88)49(35-41)66-59-70-60(72-61(71-59)92-34-33-81)67-50-36-42(78(9-3)10-4)26-28-46(50)74-76-63-69-56(80-31-19-12-20-32-80)52(94-63)38-44(40(6)83)58(85)65-48-22-14-16-24-54(48)96(89,90)91/h13-16,21-28,35-38,81H,7-12,17-20,29-34H2,1-6H3,(H,64,84)(H,65,85)(H,86,87,88)(H,89,90,91)(H2,66,67,70,71,72). The number of azo groups is 2. The molecular weight excluding hydrogens is 1330 g/mol. The molecule has 7 aromatic rings. The molecule has 96 heavy (non-hydrogen) atoms. The van der Waals surface area contributed by atoms with Crippen LogP contribution in [0, 0.1) is 0 Å². The van der Waals surface area contributed by atoms with Crippen LogP contribution < -0.4 is 40.9 Å². The van der Waals surface area contributed by atoms with E-state index in [1.54, 1.807) is 12.1 Å². The summed E-state index contributed by atoms with van der Waals surface area (Å²) < 4.78 is 68.5. The van der Waals surface area contributed by atoms with E-state index in [4.69, 9.17) is 35.1 Å². The summed E-state index contributed by atoms with van der Waals surface area (Å²) in [4.78, 5) is 86.4. The van der Waals surface area contributed by atoms with Crippen molar-refractivity contribution in [1.29, 1.82) is 0 Å². The molecule has 2 saturated heterocycles. The van der Waals surface area contributed by atoms with E-state index in [-0.39, 0.29) is 62.2 Å². The lowest BCUT2D eigenvalue weighted by molar-refractivity contribution is -0.120. The average molecular weight is 1400 g/mol. The van der Waals surface area contributed by atoms with Crippen LogP contribution in [-0.4, -0.2) is 144 Å². The van der Waals surface area contributed by atoms with Gasteiger partial charge in [0.15, 0.2) is 16.7 Å². The van der Waals surface area contributed by atoms with Gasteiger partial charge in [0.25, 0.3) is 32.1 Å². The van der Waals surface area contributed by atoms with Gasteiger partial charge in [-0.1, -0.05) is 58.7 Å². The lowest BCUT2D eigenvalue weighted by Crippen LogP contribution is -2.30. The minimum atomic E-state index is -4.74. The number of anilines is 10. The van der Waals surface area contributed by atoms with Gasteiger partial charge in [-0.2, -0.15) is 41.8 Å². The van der Waals surface area contributed by atoms with Crippen molar-refractivity contribution < 1.29 is 50.2 Å². The van der Waals surface area contributed by atoms with Gasteiger partial charge in [-0.05, 0) is 153 Å². The van der Waals surface area contributed by atoms with E-state index in [0.29, 0.717) is 96.5 Å². The fraction of sp³-hybridized carbons (Fsp3) is 0.349. The van der Waals surface area contributed by atoms with Gasteiger partial charge in [-0.25, -0.2) is 0 Å². The maximum Gasteiger partial charge on any atom is 0.296 e. The van der Waals surface area contributed by atoms with E-state index < -0.39 is 53.4 Å². The van der Waals surface area contributed by atoms with Gasteiger partial charge in [0, 0.05) is 69.5 Å². The first kappa shape index (κ1) is 71.3. The van der Waals surface area contributed by atoms with E-state index in [2.05, 4.69) is 41.3 Å². The van der Waals surface area contributed by atoms with Crippen LogP contribution in [0.5, 0.6) is 0 Å². The van der Waals surface area contributed by atoms with Crippen molar-refractivity contribution in [2.24, 2.45) is 20.5 Å². The second-order valence-corrected chi connectivity index (χ2v) is 27.6. The lowest BCUT2D eigenvalue weighted by atomic mass is 10.1. The number of nitrogens with one attached hydrogen (secondary N) is 4. The molecule has 3 aromatic heterocycles. The number of carbonyl (C=O) groups excluding carboxylic acids is 4. The number of rotatable bonds is 29. The molecule has 28 nitrogen and oxygen atoms in total. The molecule has 0 saturated carbocycles. The number of hydrogen-bond donors (Lipinski definition) is 7. The monoisotopic (exact) mass is 1400 g/mol. The molecule has 5 heterocycles. The Bertz CT molecular complexity index is 4100. The maximum absolute atomic E-state index is 13.8. The van der Waals surface area contributed by atoms with Crippen LogP contribution in [0.4, 0.5) is 79.3 Å². The topological polar surface area (TPSA) is 372 Å². The Kier molecular flexibility index (Phi) is 24.3. The second-order valence-electron chi connectivity index (χ2n) is 21.8. The zero-order chi connectivity index (χ0) is 68.7. The van der Waals surface area contributed by atoms with E-state index in [1.165, 1.54) is 74.2 Å². The molecule has 0 bridgehead atoms. The van der Waals surface area contributed by atoms with Crippen LogP contribution in [0.2, 0.25) is 0 Å². The third kappa shape index (κ3) is 18.3. The molecule has 2 amide bonds. The van der Waals surface area contributed by atoms with Gasteiger partial charge < -0.3 is 46.0 Å². The third-order valence-corrected chi connectivity index (χ3v) is 19.7. The van der Waals surface area contributed by atoms with Gasteiger partial charge in [-0.15, -0.1) is 20.5 Å². The van der Waals surface area contributed by atoms with Crippen molar-refractivity contribution in [3.63, 3.8) is 0 Å². The van der Waals surface area contributed by atoms with Crippen LogP contribution in [0.3, 0.4) is 0 Å². The molecule has 33 heteroatoms. The maximum atomic E-state index is 13.8. The Labute approximate surface area is 568 Å². The highest BCUT2D eigenvalue weighted by Crippen LogP contribution is 2.41. The van der Waals surface area contributed by atoms with Crippen molar-refractivity contribution in [2.45, 2.75) is 95.0 Å². The van der Waals surface area contributed by atoms with Crippen LogP contribution in [0.1, 0.15) is 89.8 Å². The highest BCUT2D eigenvalue weighted by molar-refractivity contribution is 7.99. The molecule has 2 aliphatic rings. The normalized spacial score (nSPS) is 14.1. The number of thiazole rings is 2. The van der Waals surface area contributed by atoms with Crippen molar-refractivity contribution in [3.8, 4) is 0 Å². The molecule has 7 N–H and O–H groups in total. The van der Waals surface area contributed by atoms with Crippen LogP contribution in [-0.2, 0) is 39.4 Å². The Morgan fingerprint density at radius 1 is 0.552 bits per heavy atom. The zero-order valence-corrected chi connectivity index (χ0v) is 57.6. The van der Waals surface area contributed by atoms with Gasteiger partial charge in [0.2, 0.25) is 22.2 Å². The van der Waals surface area contributed by atoms with Crippen molar-refractivity contribution in [1.82, 2.24) is 24.9 Å². The SMILES string of the molecule is CCN(CC)c1ccc(N=Nc2nc(N3CCCCC3)c(C=C(C(C)=O)C(=O)Nc3ccccc3S(=O)(=O)O)s2)c(Nc2nc(Nc3cc(N(CC)CC)ccc3N=Nc3nc(N4CCCCC4)c(C=C(C(C)=O)C(=O)Nc4ccccc4S(=O)(=O)O)s3)nc(SCCO)n2)c1. The molecule has 0 atom stereocenters. The lowest BCUT2D eigenvalue weighted by Gasteiger charge is -2.27. The van der Waals surface area contributed by atoms with Crippen LogP contribution in [0.25, 0.3) is 12.2 Å². The quantitative estimate of drug-likeness (QED) is 0.00572. The summed E-state index contributed by atoms with van der Waals surface area (Å²) in [5, 5.41) is 41.0. The molecule has 0 radical (unpaired) electrons. The molecule has 4 aromatic carbocycles. The number of piperidine rings is 2. The first-order chi connectivity index (χ1) is 46.1. The average Bonchev–Trinajstić information content (AvgIpc) is 1.73. The summed E-state index contributed by atoms with van der Waals surface area (Å²) in [6.07, 6.45) is 8.29. The number of aromatic nitrogens is 5. The summed E-state index contributed by atoms with van der Waals surface area (Å²) >= 11 is 3.36. The van der Waals surface area contributed by atoms with E-state index >= 15 is 0 Å². The predicted octanol–water partition coefficient (Wildman–Crippen LogP) is 12.6. The number of carbonyl (C=O) groups is 4. The fourth-order valence-electron chi connectivity index (χ4n) is 10.5. The van der Waals surface area contributed by atoms with E-state index in [1.807, 2.05) is 61.8 Å². The Balaban J connectivity index is 1.07. The minimum Gasteiger partial charge on any atom is -0.396 e. The van der Waals surface area contributed by atoms with Crippen molar-refractivity contribution in [2.75, 3.05) is 106 Å². The number of aliphatic hydroxyl groups is 1. The number of nitrogens with zero attached hydrogens (tertiary/aromatic N) is 13. The zero-order valence-electron chi connectivity index (χ0n) is 53.5. The van der Waals surface area contributed by atoms with E-state index in [9.17, 15) is 50.2 Å². The van der Waals surface area contributed by atoms with Gasteiger partial charge >= 0.3 is 0 Å². The van der Waals surface area contributed by atoms with Gasteiger partial charge in [0.05, 0.1) is 50.3 Å². The summed E-state index contributed by atoms with van der Waals surface area (Å²) in [5.41, 5.74) is 2.21. The number of thioether (sulfide) groups is 1. The summed E-state index contributed by atoms with van der Waals surface area (Å²) in [6, 6.07) is 21.7. The van der Waals surface area contributed by atoms with Gasteiger partial charge in [0.1, 0.15) is 32.8 Å². The van der Waals surface area contributed by atoms with Crippen molar-refractivity contribution in [3.05, 3.63) is 106 Å². The third-order valence-electron chi connectivity index (χ3n) is 15.3. The fourth-order valence-corrected chi connectivity index (χ4v) is 14.1. The molecule has 0 unspecified atom stereocenters. The molecule has 0 spiro atoms. The van der Waals surface area contributed by atoms with Crippen LogP contribution >= 0.6 is 34.4 Å². The summed E-state index contributed by atoms with van der Waals surface area (Å²) in [5.74, 6) is -1.68. The summed E-state index contributed by atoms with van der Waals surface area (Å²) in [6.45, 7) is 15.7. The molecule has 2 fully saturated rings.